The average Bonchev–Trinajstić information content (AvgIpc) is 2.94. The van der Waals surface area contributed by atoms with Crippen LogP contribution >= 0.6 is 0 Å². The molecule has 2 aromatic carbocycles. The molecule has 6 heteroatoms. The SMILES string of the molecule is CC1(C)OB(c2ccc3c(c2)CCC(NC(=O)OCc2ccccc2)C3)OC1(C)C. The third-order valence-corrected chi connectivity index (χ3v) is 6.52. The molecule has 2 aromatic rings. The highest BCUT2D eigenvalue weighted by atomic mass is 16.7. The van der Waals surface area contributed by atoms with E-state index in [4.69, 9.17) is 14.0 Å². The molecule has 1 amide bonds. The van der Waals surface area contributed by atoms with Crippen molar-refractivity contribution >= 4 is 18.7 Å². The number of ether oxygens (including phenoxy) is 1. The molecule has 5 nitrogen and oxygen atoms in total. The Morgan fingerprint density at radius 3 is 2.47 bits per heavy atom. The van der Waals surface area contributed by atoms with Crippen LogP contribution in [0.3, 0.4) is 0 Å². The van der Waals surface area contributed by atoms with E-state index in [1.807, 2.05) is 30.3 Å². The van der Waals surface area contributed by atoms with Crippen molar-refractivity contribution < 1.29 is 18.8 Å². The summed E-state index contributed by atoms with van der Waals surface area (Å²) in [5.74, 6) is 0. The molecule has 1 N–H and O–H groups in total. The Morgan fingerprint density at radius 2 is 1.77 bits per heavy atom. The van der Waals surface area contributed by atoms with Crippen LogP contribution in [-0.4, -0.2) is 30.5 Å². The van der Waals surface area contributed by atoms with Gasteiger partial charge in [0.15, 0.2) is 0 Å². The molecule has 1 heterocycles. The van der Waals surface area contributed by atoms with E-state index < -0.39 is 0 Å². The van der Waals surface area contributed by atoms with Gasteiger partial charge in [-0.15, -0.1) is 0 Å². The molecule has 1 fully saturated rings. The van der Waals surface area contributed by atoms with Crippen LogP contribution in [0.5, 0.6) is 0 Å². The lowest BCUT2D eigenvalue weighted by molar-refractivity contribution is 0.00578. The number of rotatable bonds is 4. The summed E-state index contributed by atoms with van der Waals surface area (Å²) >= 11 is 0. The molecular formula is C24H30BNO4. The lowest BCUT2D eigenvalue weighted by atomic mass is 9.75. The van der Waals surface area contributed by atoms with E-state index >= 15 is 0 Å². The predicted octanol–water partition coefficient (Wildman–Crippen LogP) is 3.77. The molecule has 1 atom stereocenters. The van der Waals surface area contributed by atoms with E-state index in [0.717, 1.165) is 30.3 Å². The van der Waals surface area contributed by atoms with Gasteiger partial charge in [-0.2, -0.15) is 0 Å². The molecule has 0 bridgehead atoms. The number of hydrogen-bond acceptors (Lipinski definition) is 4. The molecule has 1 aliphatic heterocycles. The Labute approximate surface area is 179 Å². The summed E-state index contributed by atoms with van der Waals surface area (Å²) in [7, 11) is -0.343. The van der Waals surface area contributed by atoms with Gasteiger partial charge in [-0.05, 0) is 69.1 Å². The van der Waals surface area contributed by atoms with Crippen LogP contribution in [0, 0.1) is 0 Å². The molecular weight excluding hydrogens is 377 g/mol. The maximum Gasteiger partial charge on any atom is 0.494 e. The minimum Gasteiger partial charge on any atom is -0.445 e. The number of amides is 1. The zero-order valence-corrected chi connectivity index (χ0v) is 18.2. The summed E-state index contributed by atoms with van der Waals surface area (Å²) in [5, 5.41) is 3.01. The standard InChI is InChI=1S/C24H30BNO4/c1-23(2)24(3,4)30-25(29-23)20-12-10-19-15-21(13-11-18(19)14-20)26-22(27)28-16-17-8-6-5-7-9-17/h5-10,12,14,21H,11,13,15-16H2,1-4H3,(H,26,27). The van der Waals surface area contributed by atoms with E-state index in [0.29, 0.717) is 0 Å². The van der Waals surface area contributed by atoms with Crippen LogP contribution in [0.1, 0.15) is 50.8 Å². The maximum atomic E-state index is 12.2. The first-order valence-corrected chi connectivity index (χ1v) is 10.7. The van der Waals surface area contributed by atoms with Crippen molar-refractivity contribution in [1.29, 1.82) is 0 Å². The third kappa shape index (κ3) is 4.40. The van der Waals surface area contributed by atoms with Gasteiger partial charge < -0.3 is 19.4 Å². The van der Waals surface area contributed by atoms with E-state index in [1.165, 1.54) is 11.1 Å². The molecule has 30 heavy (non-hydrogen) atoms. The zero-order chi connectivity index (χ0) is 21.4. The van der Waals surface area contributed by atoms with Gasteiger partial charge in [-0.1, -0.05) is 48.5 Å². The van der Waals surface area contributed by atoms with Gasteiger partial charge in [0.05, 0.1) is 11.2 Å². The number of carbonyl (C=O) groups is 1. The average molecular weight is 407 g/mol. The van der Waals surface area contributed by atoms with Gasteiger partial charge in [-0.25, -0.2) is 4.79 Å². The highest BCUT2D eigenvalue weighted by molar-refractivity contribution is 6.62. The first-order chi connectivity index (χ1) is 14.2. The van der Waals surface area contributed by atoms with Gasteiger partial charge in [0.25, 0.3) is 0 Å². The molecule has 1 aliphatic carbocycles. The lowest BCUT2D eigenvalue weighted by Gasteiger charge is -2.32. The van der Waals surface area contributed by atoms with Gasteiger partial charge in [0, 0.05) is 6.04 Å². The van der Waals surface area contributed by atoms with Crippen molar-refractivity contribution in [2.45, 2.75) is 70.8 Å². The highest BCUT2D eigenvalue weighted by Crippen LogP contribution is 2.36. The summed E-state index contributed by atoms with van der Waals surface area (Å²) in [4.78, 5) is 12.2. The second-order valence-electron chi connectivity index (χ2n) is 9.26. The van der Waals surface area contributed by atoms with Crippen molar-refractivity contribution in [2.75, 3.05) is 0 Å². The van der Waals surface area contributed by atoms with E-state index in [1.54, 1.807) is 0 Å². The highest BCUT2D eigenvalue weighted by Gasteiger charge is 2.51. The van der Waals surface area contributed by atoms with Gasteiger partial charge in [-0.3, -0.25) is 0 Å². The number of carbonyl (C=O) groups excluding carboxylic acids is 1. The Hall–Kier alpha value is -2.31. The number of benzene rings is 2. The fraction of sp³-hybridized carbons (Fsp3) is 0.458. The Morgan fingerprint density at radius 1 is 1.07 bits per heavy atom. The van der Waals surface area contributed by atoms with Gasteiger partial charge >= 0.3 is 13.2 Å². The van der Waals surface area contributed by atoms with E-state index in [9.17, 15) is 4.79 Å². The van der Waals surface area contributed by atoms with Crippen LogP contribution < -0.4 is 10.8 Å². The van der Waals surface area contributed by atoms with Crippen LogP contribution in [0.4, 0.5) is 4.79 Å². The van der Waals surface area contributed by atoms with Crippen molar-refractivity contribution in [2.24, 2.45) is 0 Å². The monoisotopic (exact) mass is 407 g/mol. The number of alkyl carbamates (subject to hydrolysis) is 1. The smallest absolute Gasteiger partial charge is 0.445 e. The lowest BCUT2D eigenvalue weighted by Crippen LogP contribution is -2.41. The summed E-state index contributed by atoms with van der Waals surface area (Å²) in [6, 6.07) is 16.2. The van der Waals surface area contributed by atoms with Crippen LogP contribution in [0.2, 0.25) is 0 Å². The second-order valence-corrected chi connectivity index (χ2v) is 9.26. The van der Waals surface area contributed by atoms with Crippen LogP contribution in [0.25, 0.3) is 0 Å². The number of nitrogens with one attached hydrogen (secondary N) is 1. The molecule has 0 spiro atoms. The summed E-state index contributed by atoms with van der Waals surface area (Å²) in [6.07, 6.45) is 2.24. The third-order valence-electron chi connectivity index (χ3n) is 6.52. The minimum absolute atomic E-state index is 0.0865. The second kappa shape index (κ2) is 8.08. The Balaban J connectivity index is 1.34. The van der Waals surface area contributed by atoms with Crippen molar-refractivity contribution in [3.8, 4) is 0 Å². The fourth-order valence-corrected chi connectivity index (χ4v) is 3.96. The quantitative estimate of drug-likeness (QED) is 0.785. The van der Waals surface area contributed by atoms with Crippen molar-refractivity contribution in [3.63, 3.8) is 0 Å². The van der Waals surface area contributed by atoms with Crippen molar-refractivity contribution in [1.82, 2.24) is 5.32 Å². The first-order valence-electron chi connectivity index (χ1n) is 10.7. The number of hydrogen-bond donors (Lipinski definition) is 1. The molecule has 4 rings (SSSR count). The minimum atomic E-state index is -0.360. The molecule has 1 saturated heterocycles. The van der Waals surface area contributed by atoms with Crippen LogP contribution in [-0.2, 0) is 33.5 Å². The maximum absolute atomic E-state index is 12.2. The van der Waals surface area contributed by atoms with E-state index in [-0.39, 0.29) is 37.1 Å². The largest absolute Gasteiger partial charge is 0.494 e. The Kier molecular flexibility index (Phi) is 5.64. The fourth-order valence-electron chi connectivity index (χ4n) is 3.96. The predicted molar refractivity (Wildman–Crippen MR) is 118 cm³/mol. The Bertz CT molecular complexity index is 897. The normalized spacial score (nSPS) is 21.7. The topological polar surface area (TPSA) is 56.8 Å². The van der Waals surface area contributed by atoms with Gasteiger partial charge in [0.2, 0.25) is 0 Å². The first kappa shape index (κ1) is 20.9. The number of aryl methyl sites for hydroxylation is 1. The zero-order valence-electron chi connectivity index (χ0n) is 18.2. The summed E-state index contributed by atoms with van der Waals surface area (Å²) in [6.45, 7) is 8.56. The van der Waals surface area contributed by atoms with Gasteiger partial charge in [0.1, 0.15) is 6.61 Å². The molecule has 0 radical (unpaired) electrons. The number of fused-ring (bicyclic) bond motifs is 1. The molecule has 1 unspecified atom stereocenters. The molecule has 2 aliphatic rings. The van der Waals surface area contributed by atoms with Crippen molar-refractivity contribution in [3.05, 3.63) is 65.2 Å². The summed E-state index contributed by atoms with van der Waals surface area (Å²) < 4.78 is 17.7. The summed E-state index contributed by atoms with van der Waals surface area (Å²) in [5.41, 5.74) is 3.91. The molecule has 0 saturated carbocycles. The van der Waals surface area contributed by atoms with E-state index in [2.05, 4.69) is 51.2 Å². The molecule has 158 valence electrons. The molecule has 0 aromatic heterocycles. The van der Waals surface area contributed by atoms with Crippen LogP contribution in [0.15, 0.2) is 48.5 Å².